The minimum absolute atomic E-state index is 0.209. The smallest absolute Gasteiger partial charge is 0.165 e. The third-order valence-corrected chi connectivity index (χ3v) is 3.32. The highest BCUT2D eigenvalue weighted by Crippen LogP contribution is 2.17. The zero-order valence-electron chi connectivity index (χ0n) is 10.9. The first-order valence-corrected chi connectivity index (χ1v) is 7.45. The van der Waals surface area contributed by atoms with Crippen LogP contribution in [-0.2, 0) is 6.54 Å². The van der Waals surface area contributed by atoms with Gasteiger partial charge in [-0.3, -0.25) is 0 Å². The van der Waals surface area contributed by atoms with E-state index in [1.807, 2.05) is 11.5 Å². The Hall–Kier alpha value is -1.21. The lowest BCUT2D eigenvalue weighted by Crippen LogP contribution is -2.10. The van der Waals surface area contributed by atoms with Crippen molar-refractivity contribution in [2.24, 2.45) is 5.92 Å². The van der Waals surface area contributed by atoms with Crippen molar-refractivity contribution in [2.45, 2.75) is 19.9 Å². The number of alkyl halides is 1. The van der Waals surface area contributed by atoms with Crippen molar-refractivity contribution in [1.29, 1.82) is 0 Å². The molecule has 0 saturated carbocycles. The van der Waals surface area contributed by atoms with Gasteiger partial charge in [-0.15, -0.1) is 0 Å². The van der Waals surface area contributed by atoms with Crippen molar-refractivity contribution in [2.75, 3.05) is 23.8 Å². The average molecular weight is 328 g/mol. The number of halogens is 1. The molecule has 0 radical (unpaired) electrons. The second-order valence-electron chi connectivity index (χ2n) is 4.52. The number of fused-ring (bicyclic) bond motifs is 1. The SMILES string of the molecule is C[C@H](CO)CCNc1ncnc2c1ncn2CCBr. The second-order valence-corrected chi connectivity index (χ2v) is 5.32. The molecular weight excluding hydrogens is 310 g/mol. The molecule has 2 aromatic rings. The average Bonchev–Trinajstić information content (AvgIpc) is 2.83. The standard InChI is InChI=1S/C12H18BrN5O/c1-9(6-19)2-4-14-11-10-12(16-7-15-11)18(5-3-13)8-17-10/h7-9,19H,2-6H2,1H3,(H,14,15,16)/t9-/m0/s1. The van der Waals surface area contributed by atoms with Crippen LogP contribution in [0.15, 0.2) is 12.7 Å². The first-order chi connectivity index (χ1) is 9.26. The monoisotopic (exact) mass is 327 g/mol. The molecule has 0 amide bonds. The van der Waals surface area contributed by atoms with E-state index < -0.39 is 0 Å². The van der Waals surface area contributed by atoms with Gasteiger partial charge in [-0.05, 0) is 12.3 Å². The number of aryl methyl sites for hydroxylation is 1. The number of hydrogen-bond donors (Lipinski definition) is 2. The van der Waals surface area contributed by atoms with Crippen LogP contribution in [0.25, 0.3) is 11.2 Å². The van der Waals surface area contributed by atoms with Gasteiger partial charge in [0.1, 0.15) is 11.8 Å². The lowest BCUT2D eigenvalue weighted by atomic mass is 10.1. The minimum Gasteiger partial charge on any atom is -0.396 e. The molecule has 6 nitrogen and oxygen atoms in total. The van der Waals surface area contributed by atoms with Crippen LogP contribution in [0.1, 0.15) is 13.3 Å². The zero-order chi connectivity index (χ0) is 13.7. The van der Waals surface area contributed by atoms with Crippen LogP contribution >= 0.6 is 15.9 Å². The van der Waals surface area contributed by atoms with Crippen LogP contribution < -0.4 is 5.32 Å². The molecule has 104 valence electrons. The van der Waals surface area contributed by atoms with Gasteiger partial charge < -0.3 is 15.0 Å². The Bertz CT molecular complexity index is 530. The molecule has 7 heteroatoms. The van der Waals surface area contributed by atoms with E-state index >= 15 is 0 Å². The largest absolute Gasteiger partial charge is 0.396 e. The van der Waals surface area contributed by atoms with Crippen molar-refractivity contribution >= 4 is 32.9 Å². The Morgan fingerprint density at radius 1 is 1.42 bits per heavy atom. The predicted octanol–water partition coefficient (Wildman–Crippen LogP) is 1.65. The molecule has 19 heavy (non-hydrogen) atoms. The van der Waals surface area contributed by atoms with Crippen molar-refractivity contribution in [3.05, 3.63) is 12.7 Å². The summed E-state index contributed by atoms with van der Waals surface area (Å²) in [5.41, 5.74) is 1.63. The number of nitrogens with zero attached hydrogens (tertiary/aromatic N) is 4. The molecule has 0 aliphatic rings. The summed E-state index contributed by atoms with van der Waals surface area (Å²) >= 11 is 3.41. The maximum atomic E-state index is 8.99. The second kappa shape index (κ2) is 6.81. The minimum atomic E-state index is 0.209. The molecule has 2 rings (SSSR count). The molecule has 0 aliphatic carbocycles. The fourth-order valence-electron chi connectivity index (χ4n) is 1.79. The molecule has 2 heterocycles. The number of rotatable bonds is 7. The van der Waals surface area contributed by atoms with Gasteiger partial charge in [0.2, 0.25) is 0 Å². The van der Waals surface area contributed by atoms with Crippen LogP contribution in [0.4, 0.5) is 5.82 Å². The van der Waals surface area contributed by atoms with Crippen molar-refractivity contribution < 1.29 is 5.11 Å². The summed E-state index contributed by atoms with van der Waals surface area (Å²) in [5.74, 6) is 1.04. The fraction of sp³-hybridized carbons (Fsp3) is 0.583. The molecule has 1 atom stereocenters. The number of hydrogen-bond acceptors (Lipinski definition) is 5. The van der Waals surface area contributed by atoms with E-state index in [4.69, 9.17) is 5.11 Å². The van der Waals surface area contributed by atoms with Gasteiger partial charge in [0.05, 0.1) is 6.33 Å². The van der Waals surface area contributed by atoms with Crippen molar-refractivity contribution in [3.8, 4) is 0 Å². The van der Waals surface area contributed by atoms with E-state index in [2.05, 4.69) is 36.2 Å². The first-order valence-electron chi connectivity index (χ1n) is 6.32. The molecule has 0 aromatic carbocycles. The summed E-state index contributed by atoms with van der Waals surface area (Å²) in [6.45, 7) is 3.82. The van der Waals surface area contributed by atoms with Gasteiger partial charge in [-0.1, -0.05) is 22.9 Å². The predicted molar refractivity (Wildman–Crippen MR) is 78.5 cm³/mol. The maximum absolute atomic E-state index is 8.99. The Kier molecular flexibility index (Phi) is 5.09. The third-order valence-electron chi connectivity index (χ3n) is 2.97. The first kappa shape index (κ1) is 14.2. The van der Waals surface area contributed by atoms with E-state index in [1.165, 1.54) is 0 Å². The van der Waals surface area contributed by atoms with Crippen molar-refractivity contribution in [1.82, 2.24) is 19.5 Å². The fourth-order valence-corrected chi connectivity index (χ4v) is 2.18. The molecule has 0 spiro atoms. The van der Waals surface area contributed by atoms with E-state index in [0.717, 1.165) is 41.8 Å². The number of anilines is 1. The van der Waals surface area contributed by atoms with Crippen LogP contribution in [0.5, 0.6) is 0 Å². The molecule has 0 bridgehead atoms. The van der Waals surface area contributed by atoms with Gasteiger partial charge in [-0.2, -0.15) is 0 Å². The summed E-state index contributed by atoms with van der Waals surface area (Å²) in [4.78, 5) is 12.9. The molecule has 0 unspecified atom stereocenters. The van der Waals surface area contributed by atoms with Crippen molar-refractivity contribution in [3.63, 3.8) is 0 Å². The van der Waals surface area contributed by atoms with Gasteiger partial charge in [0.25, 0.3) is 0 Å². The van der Waals surface area contributed by atoms with Crippen LogP contribution in [0.2, 0.25) is 0 Å². The van der Waals surface area contributed by atoms with E-state index in [9.17, 15) is 0 Å². The highest BCUT2D eigenvalue weighted by atomic mass is 79.9. The van der Waals surface area contributed by atoms with Gasteiger partial charge in [0, 0.05) is 25.0 Å². The number of aliphatic hydroxyl groups is 1. The molecule has 0 aliphatic heterocycles. The Morgan fingerprint density at radius 3 is 3.00 bits per heavy atom. The number of aliphatic hydroxyl groups excluding tert-OH is 1. The lowest BCUT2D eigenvalue weighted by Gasteiger charge is -2.09. The number of aromatic nitrogens is 4. The van der Waals surface area contributed by atoms with Crippen LogP contribution in [0, 0.1) is 5.92 Å². The molecule has 2 aromatic heterocycles. The third kappa shape index (κ3) is 3.42. The molecule has 0 saturated heterocycles. The van der Waals surface area contributed by atoms with Crippen LogP contribution in [0.3, 0.4) is 0 Å². The summed E-state index contributed by atoms with van der Waals surface area (Å²) in [7, 11) is 0. The Balaban J connectivity index is 2.10. The Morgan fingerprint density at radius 2 is 2.26 bits per heavy atom. The topological polar surface area (TPSA) is 75.9 Å². The highest BCUT2D eigenvalue weighted by molar-refractivity contribution is 9.09. The molecular formula is C12H18BrN5O. The van der Waals surface area contributed by atoms with E-state index in [0.29, 0.717) is 0 Å². The summed E-state index contributed by atoms with van der Waals surface area (Å²) < 4.78 is 1.99. The van der Waals surface area contributed by atoms with Gasteiger partial charge in [-0.25, -0.2) is 15.0 Å². The van der Waals surface area contributed by atoms with Gasteiger partial charge in [0.15, 0.2) is 11.5 Å². The normalized spacial score (nSPS) is 12.8. The van der Waals surface area contributed by atoms with Crippen LogP contribution in [-0.4, -0.2) is 43.1 Å². The zero-order valence-corrected chi connectivity index (χ0v) is 12.5. The number of nitrogens with one attached hydrogen (secondary N) is 1. The summed E-state index contributed by atoms with van der Waals surface area (Å²) in [5, 5.41) is 13.1. The summed E-state index contributed by atoms with van der Waals surface area (Å²) in [6, 6.07) is 0. The van der Waals surface area contributed by atoms with E-state index in [1.54, 1.807) is 12.7 Å². The maximum Gasteiger partial charge on any atom is 0.165 e. The highest BCUT2D eigenvalue weighted by Gasteiger charge is 2.09. The van der Waals surface area contributed by atoms with E-state index in [-0.39, 0.29) is 12.5 Å². The lowest BCUT2D eigenvalue weighted by molar-refractivity contribution is 0.233. The summed E-state index contributed by atoms with van der Waals surface area (Å²) in [6.07, 6.45) is 4.22. The number of imidazole rings is 1. The molecule has 2 N–H and O–H groups in total. The quantitative estimate of drug-likeness (QED) is 0.756. The van der Waals surface area contributed by atoms with Gasteiger partial charge >= 0.3 is 0 Å². The molecule has 0 fully saturated rings. The Labute approximate surface area is 120 Å².